The number of fused-ring (bicyclic) bond motifs is 1. The lowest BCUT2D eigenvalue weighted by atomic mass is 9.91. The summed E-state index contributed by atoms with van der Waals surface area (Å²) < 4.78 is 0. The SMILES string of the molecule is O=C(O)CCC1CCN(CC2CSc3ccccc32)CC1. The van der Waals surface area contributed by atoms with Crippen molar-refractivity contribution >= 4 is 17.7 Å². The van der Waals surface area contributed by atoms with E-state index in [0.717, 1.165) is 38.9 Å². The van der Waals surface area contributed by atoms with E-state index in [9.17, 15) is 4.79 Å². The van der Waals surface area contributed by atoms with Gasteiger partial charge < -0.3 is 10.0 Å². The number of piperidine rings is 1. The molecule has 1 saturated heterocycles. The van der Waals surface area contributed by atoms with E-state index >= 15 is 0 Å². The summed E-state index contributed by atoms with van der Waals surface area (Å²) in [5, 5.41) is 8.77. The molecule has 114 valence electrons. The maximum Gasteiger partial charge on any atom is 0.303 e. The van der Waals surface area contributed by atoms with Crippen molar-refractivity contribution in [3.05, 3.63) is 29.8 Å². The molecule has 1 atom stereocenters. The second-order valence-electron chi connectivity index (χ2n) is 6.22. The fourth-order valence-electron chi connectivity index (χ4n) is 3.48. The largest absolute Gasteiger partial charge is 0.481 e. The maximum absolute atomic E-state index is 10.6. The highest BCUT2D eigenvalue weighted by molar-refractivity contribution is 7.99. The number of rotatable bonds is 5. The molecule has 0 saturated carbocycles. The standard InChI is InChI=1S/C17H23NO2S/c19-17(20)6-5-13-7-9-18(10-8-13)11-14-12-21-16-4-2-1-3-15(14)16/h1-4,13-14H,5-12H2,(H,19,20). The molecule has 0 bridgehead atoms. The molecule has 21 heavy (non-hydrogen) atoms. The van der Waals surface area contributed by atoms with Crippen molar-refractivity contribution in [2.45, 2.75) is 36.5 Å². The molecule has 1 aromatic rings. The van der Waals surface area contributed by atoms with Gasteiger partial charge in [0.05, 0.1) is 0 Å². The van der Waals surface area contributed by atoms with Crippen LogP contribution in [-0.2, 0) is 4.79 Å². The molecule has 3 nitrogen and oxygen atoms in total. The van der Waals surface area contributed by atoms with Gasteiger partial charge in [-0.25, -0.2) is 0 Å². The smallest absolute Gasteiger partial charge is 0.303 e. The number of aliphatic carboxylic acids is 1. The van der Waals surface area contributed by atoms with Crippen LogP contribution in [-0.4, -0.2) is 41.4 Å². The number of benzene rings is 1. The lowest BCUT2D eigenvalue weighted by Gasteiger charge is -2.33. The zero-order valence-corrected chi connectivity index (χ0v) is 13.1. The zero-order valence-electron chi connectivity index (χ0n) is 12.3. The summed E-state index contributed by atoms with van der Waals surface area (Å²) in [4.78, 5) is 14.7. The Hall–Kier alpha value is -1.00. The molecule has 0 amide bonds. The lowest BCUT2D eigenvalue weighted by molar-refractivity contribution is -0.137. The minimum absolute atomic E-state index is 0.331. The monoisotopic (exact) mass is 305 g/mol. The molecule has 1 fully saturated rings. The van der Waals surface area contributed by atoms with E-state index in [2.05, 4.69) is 29.2 Å². The van der Waals surface area contributed by atoms with Crippen molar-refractivity contribution in [1.29, 1.82) is 0 Å². The van der Waals surface area contributed by atoms with Gasteiger partial charge in [0.25, 0.3) is 0 Å². The van der Waals surface area contributed by atoms with Gasteiger partial charge in [-0.3, -0.25) is 4.79 Å². The molecule has 2 aliphatic rings. The molecule has 1 aromatic carbocycles. The van der Waals surface area contributed by atoms with Crippen molar-refractivity contribution in [1.82, 2.24) is 4.90 Å². The van der Waals surface area contributed by atoms with Gasteiger partial charge in [0.2, 0.25) is 0 Å². The number of nitrogens with zero attached hydrogens (tertiary/aromatic N) is 1. The maximum atomic E-state index is 10.6. The predicted octanol–water partition coefficient (Wildman–Crippen LogP) is 3.45. The minimum Gasteiger partial charge on any atom is -0.481 e. The fraction of sp³-hybridized carbons (Fsp3) is 0.588. The summed E-state index contributed by atoms with van der Waals surface area (Å²) in [5.41, 5.74) is 1.52. The first-order chi connectivity index (χ1) is 10.2. The third-order valence-corrected chi connectivity index (χ3v) is 6.00. The Balaban J connectivity index is 1.47. The first-order valence-electron chi connectivity index (χ1n) is 7.88. The number of carboxylic acid groups (broad SMARTS) is 1. The number of carboxylic acids is 1. The summed E-state index contributed by atoms with van der Waals surface area (Å²) in [6.45, 7) is 3.43. The third-order valence-electron chi connectivity index (χ3n) is 4.75. The lowest BCUT2D eigenvalue weighted by Crippen LogP contribution is -2.36. The molecular weight excluding hydrogens is 282 g/mol. The Bertz CT molecular complexity index is 497. The van der Waals surface area contributed by atoms with Crippen LogP contribution in [0.1, 0.15) is 37.2 Å². The van der Waals surface area contributed by atoms with Gasteiger partial charge >= 0.3 is 5.97 Å². The quantitative estimate of drug-likeness (QED) is 0.904. The topological polar surface area (TPSA) is 40.5 Å². The predicted molar refractivity (Wildman–Crippen MR) is 85.9 cm³/mol. The van der Waals surface area contributed by atoms with Gasteiger partial charge in [-0.2, -0.15) is 0 Å². The first-order valence-corrected chi connectivity index (χ1v) is 8.87. The van der Waals surface area contributed by atoms with Crippen LogP contribution in [0.3, 0.4) is 0 Å². The Morgan fingerprint density at radius 3 is 2.81 bits per heavy atom. The van der Waals surface area contributed by atoms with Crippen LogP contribution >= 0.6 is 11.8 Å². The summed E-state index contributed by atoms with van der Waals surface area (Å²) in [6.07, 6.45) is 3.51. The van der Waals surface area contributed by atoms with Crippen molar-refractivity contribution in [2.75, 3.05) is 25.4 Å². The van der Waals surface area contributed by atoms with E-state index in [1.807, 2.05) is 11.8 Å². The first kappa shape index (κ1) is 14.9. The molecule has 2 heterocycles. The van der Waals surface area contributed by atoms with Gasteiger partial charge in [0.1, 0.15) is 0 Å². The molecule has 1 N–H and O–H groups in total. The summed E-state index contributed by atoms with van der Waals surface area (Å²) >= 11 is 1.98. The third kappa shape index (κ3) is 3.80. The summed E-state index contributed by atoms with van der Waals surface area (Å²) in [6, 6.07) is 8.79. The normalized spacial score (nSPS) is 23.1. The molecule has 0 aliphatic carbocycles. The average molecular weight is 305 g/mol. The Kier molecular flexibility index (Phi) is 4.86. The molecule has 0 spiro atoms. The van der Waals surface area contributed by atoms with Crippen LogP contribution in [0.15, 0.2) is 29.2 Å². The molecular formula is C17H23NO2S. The van der Waals surface area contributed by atoms with Gasteiger partial charge in [0.15, 0.2) is 0 Å². The highest BCUT2D eigenvalue weighted by Gasteiger charge is 2.27. The van der Waals surface area contributed by atoms with Crippen molar-refractivity contribution in [3.8, 4) is 0 Å². The van der Waals surface area contributed by atoms with E-state index in [4.69, 9.17) is 5.11 Å². The second kappa shape index (κ2) is 6.84. The number of hydrogen-bond donors (Lipinski definition) is 1. The van der Waals surface area contributed by atoms with E-state index in [0.29, 0.717) is 18.3 Å². The van der Waals surface area contributed by atoms with E-state index in [1.54, 1.807) is 0 Å². The molecule has 3 rings (SSSR count). The fourth-order valence-corrected chi connectivity index (χ4v) is 4.72. The van der Waals surface area contributed by atoms with E-state index < -0.39 is 5.97 Å². The molecule has 0 radical (unpaired) electrons. The van der Waals surface area contributed by atoms with Gasteiger partial charge in [0, 0.05) is 29.5 Å². The van der Waals surface area contributed by atoms with Crippen molar-refractivity contribution in [2.24, 2.45) is 5.92 Å². The Labute approximate surface area is 130 Å². The highest BCUT2D eigenvalue weighted by Crippen LogP contribution is 2.40. The van der Waals surface area contributed by atoms with Gasteiger partial charge in [-0.05, 0) is 49.9 Å². The van der Waals surface area contributed by atoms with Crippen molar-refractivity contribution < 1.29 is 9.90 Å². The highest BCUT2D eigenvalue weighted by atomic mass is 32.2. The minimum atomic E-state index is -0.656. The number of hydrogen-bond acceptors (Lipinski definition) is 3. The Morgan fingerprint density at radius 2 is 2.05 bits per heavy atom. The van der Waals surface area contributed by atoms with Crippen LogP contribution in [0.5, 0.6) is 0 Å². The van der Waals surface area contributed by atoms with Crippen LogP contribution in [0.2, 0.25) is 0 Å². The van der Waals surface area contributed by atoms with E-state index in [-0.39, 0.29) is 0 Å². The number of thioether (sulfide) groups is 1. The second-order valence-corrected chi connectivity index (χ2v) is 7.28. The number of carbonyl (C=O) groups is 1. The molecule has 1 unspecified atom stereocenters. The van der Waals surface area contributed by atoms with Gasteiger partial charge in [-0.15, -0.1) is 11.8 Å². The Morgan fingerprint density at radius 1 is 1.29 bits per heavy atom. The average Bonchev–Trinajstić information content (AvgIpc) is 2.90. The number of likely N-dealkylation sites (tertiary alicyclic amines) is 1. The molecule has 2 aliphatic heterocycles. The van der Waals surface area contributed by atoms with Crippen LogP contribution in [0.4, 0.5) is 0 Å². The summed E-state index contributed by atoms with van der Waals surface area (Å²) in [5.74, 6) is 1.83. The van der Waals surface area contributed by atoms with Crippen LogP contribution < -0.4 is 0 Å². The zero-order chi connectivity index (χ0) is 14.7. The van der Waals surface area contributed by atoms with Crippen LogP contribution in [0.25, 0.3) is 0 Å². The van der Waals surface area contributed by atoms with Crippen molar-refractivity contribution in [3.63, 3.8) is 0 Å². The summed E-state index contributed by atoms with van der Waals surface area (Å²) in [7, 11) is 0. The van der Waals surface area contributed by atoms with E-state index in [1.165, 1.54) is 16.2 Å². The van der Waals surface area contributed by atoms with Crippen LogP contribution in [0, 0.1) is 5.92 Å². The molecule has 0 aromatic heterocycles. The molecule has 4 heteroatoms. The van der Waals surface area contributed by atoms with Gasteiger partial charge in [-0.1, -0.05) is 18.2 Å².